The van der Waals surface area contributed by atoms with E-state index < -0.39 is 67.2 Å². The number of ether oxygens (including phenoxy) is 1. The molecule has 3 aromatic rings. The SMILES string of the molecule is CC(NC(=O)[C@@H]1C[C@H](C(F)(F)F)CN1C(=O)CNC(=O)c1ccc(Oc2ccc(F)cc2)cc1)c1cc(C(=N)N)cs1. The van der Waals surface area contributed by atoms with Crippen LogP contribution in [0.2, 0.25) is 0 Å². The van der Waals surface area contributed by atoms with Crippen molar-refractivity contribution in [2.45, 2.75) is 31.6 Å². The molecule has 2 heterocycles. The summed E-state index contributed by atoms with van der Waals surface area (Å²) in [6, 6.07) is 10.8. The number of carbonyl (C=O) groups is 3. The maximum Gasteiger partial charge on any atom is 0.393 e. The Morgan fingerprint density at radius 2 is 1.71 bits per heavy atom. The van der Waals surface area contributed by atoms with Crippen LogP contribution in [0, 0.1) is 17.1 Å². The van der Waals surface area contributed by atoms with Crippen LogP contribution in [0.15, 0.2) is 60.0 Å². The van der Waals surface area contributed by atoms with Gasteiger partial charge in [-0.2, -0.15) is 13.2 Å². The molecule has 1 fully saturated rings. The van der Waals surface area contributed by atoms with Gasteiger partial charge in [0.05, 0.1) is 18.5 Å². The second-order valence-corrected chi connectivity index (χ2v) is 10.6. The molecule has 1 unspecified atom stereocenters. The number of rotatable bonds is 9. The molecule has 4 rings (SSSR count). The number of alkyl halides is 3. The lowest BCUT2D eigenvalue weighted by atomic mass is 10.0. The van der Waals surface area contributed by atoms with E-state index in [2.05, 4.69) is 10.6 Å². The lowest BCUT2D eigenvalue weighted by Crippen LogP contribution is -2.49. The molecule has 0 bridgehead atoms. The van der Waals surface area contributed by atoms with Crippen LogP contribution in [-0.2, 0) is 9.59 Å². The van der Waals surface area contributed by atoms with Crippen molar-refractivity contribution in [2.75, 3.05) is 13.1 Å². The summed E-state index contributed by atoms with van der Waals surface area (Å²) in [6.07, 6.45) is -5.23. The fourth-order valence-electron chi connectivity index (χ4n) is 4.37. The minimum Gasteiger partial charge on any atom is -0.457 e. The maximum absolute atomic E-state index is 13.6. The van der Waals surface area contributed by atoms with E-state index in [1.165, 1.54) is 59.9 Å². The molecule has 1 aliphatic heterocycles. The number of carbonyl (C=O) groups excluding carboxylic acids is 3. The first-order valence-corrected chi connectivity index (χ1v) is 13.6. The molecule has 2 aromatic carbocycles. The number of nitrogens with two attached hydrogens (primary N) is 1. The molecule has 9 nitrogen and oxygen atoms in total. The average Bonchev–Trinajstić information content (AvgIpc) is 3.62. The van der Waals surface area contributed by atoms with Crippen LogP contribution in [-0.4, -0.2) is 53.8 Å². The van der Waals surface area contributed by atoms with Gasteiger partial charge in [0.2, 0.25) is 11.8 Å². The Bertz CT molecular complexity index is 1460. The van der Waals surface area contributed by atoms with Crippen molar-refractivity contribution in [2.24, 2.45) is 11.7 Å². The number of thiophene rings is 1. The van der Waals surface area contributed by atoms with Crippen molar-refractivity contribution in [3.8, 4) is 11.5 Å². The van der Waals surface area contributed by atoms with Gasteiger partial charge in [-0.3, -0.25) is 19.8 Å². The molecule has 1 aromatic heterocycles. The lowest BCUT2D eigenvalue weighted by molar-refractivity contribution is -0.171. The molecule has 0 spiro atoms. The van der Waals surface area contributed by atoms with Crippen LogP contribution in [0.3, 0.4) is 0 Å². The fourth-order valence-corrected chi connectivity index (χ4v) is 5.29. The molecule has 14 heteroatoms. The minimum absolute atomic E-state index is 0.159. The average molecular weight is 606 g/mol. The van der Waals surface area contributed by atoms with Gasteiger partial charge >= 0.3 is 6.18 Å². The molecule has 222 valence electrons. The minimum atomic E-state index is -4.62. The molecular formula is C28H27F4N5O4S. The van der Waals surface area contributed by atoms with Crippen molar-refractivity contribution in [1.82, 2.24) is 15.5 Å². The maximum atomic E-state index is 13.6. The second kappa shape index (κ2) is 12.6. The van der Waals surface area contributed by atoms with E-state index in [-0.39, 0.29) is 11.4 Å². The van der Waals surface area contributed by atoms with E-state index in [1.807, 2.05) is 0 Å². The Labute approximate surface area is 242 Å². The van der Waals surface area contributed by atoms with Gasteiger partial charge in [-0.05, 0) is 67.9 Å². The van der Waals surface area contributed by atoms with Gasteiger partial charge in [-0.25, -0.2) is 4.39 Å². The van der Waals surface area contributed by atoms with E-state index in [9.17, 15) is 31.9 Å². The summed E-state index contributed by atoms with van der Waals surface area (Å²) in [5.74, 6) is -3.99. The van der Waals surface area contributed by atoms with Crippen LogP contribution in [0.5, 0.6) is 11.5 Å². The predicted molar refractivity (Wildman–Crippen MR) is 147 cm³/mol. The van der Waals surface area contributed by atoms with Crippen LogP contribution in [0.4, 0.5) is 17.6 Å². The van der Waals surface area contributed by atoms with Gasteiger partial charge in [0.15, 0.2) is 0 Å². The van der Waals surface area contributed by atoms with Gasteiger partial charge in [0.1, 0.15) is 29.2 Å². The Morgan fingerprint density at radius 3 is 2.29 bits per heavy atom. The van der Waals surface area contributed by atoms with Crippen LogP contribution in [0.25, 0.3) is 0 Å². The Kier molecular flexibility index (Phi) is 9.14. The van der Waals surface area contributed by atoms with E-state index in [0.717, 1.165) is 4.90 Å². The first kappa shape index (κ1) is 30.5. The number of amides is 3. The number of nitrogens with zero attached hydrogens (tertiary/aromatic N) is 1. The zero-order valence-electron chi connectivity index (χ0n) is 22.2. The van der Waals surface area contributed by atoms with Crippen molar-refractivity contribution in [1.29, 1.82) is 5.41 Å². The molecule has 3 amide bonds. The van der Waals surface area contributed by atoms with Gasteiger partial charge < -0.3 is 26.0 Å². The van der Waals surface area contributed by atoms with Crippen LogP contribution >= 0.6 is 11.3 Å². The van der Waals surface area contributed by atoms with E-state index in [4.69, 9.17) is 15.9 Å². The number of hydrogen-bond acceptors (Lipinski definition) is 6. The number of nitrogens with one attached hydrogen (secondary N) is 3. The first-order chi connectivity index (χ1) is 19.8. The number of nitrogen functional groups attached to an aromatic ring is 1. The monoisotopic (exact) mass is 605 g/mol. The van der Waals surface area contributed by atoms with Gasteiger partial charge in [0.25, 0.3) is 5.91 Å². The van der Waals surface area contributed by atoms with Crippen molar-refractivity contribution in [3.05, 3.63) is 81.8 Å². The van der Waals surface area contributed by atoms with Crippen molar-refractivity contribution in [3.63, 3.8) is 0 Å². The smallest absolute Gasteiger partial charge is 0.393 e. The number of likely N-dealkylation sites (tertiary alicyclic amines) is 1. The van der Waals surface area contributed by atoms with Gasteiger partial charge in [0, 0.05) is 27.9 Å². The molecular weight excluding hydrogens is 578 g/mol. The molecule has 1 saturated heterocycles. The molecule has 0 radical (unpaired) electrons. The van der Waals surface area contributed by atoms with Gasteiger partial charge in [-0.1, -0.05) is 0 Å². The molecule has 42 heavy (non-hydrogen) atoms. The zero-order valence-corrected chi connectivity index (χ0v) is 23.0. The van der Waals surface area contributed by atoms with E-state index >= 15 is 0 Å². The number of benzene rings is 2. The summed E-state index contributed by atoms with van der Waals surface area (Å²) in [7, 11) is 0. The van der Waals surface area contributed by atoms with E-state index in [0.29, 0.717) is 21.9 Å². The highest BCUT2D eigenvalue weighted by Crippen LogP contribution is 2.37. The number of amidine groups is 1. The summed E-state index contributed by atoms with van der Waals surface area (Å²) in [4.78, 5) is 40.1. The number of halogens is 4. The predicted octanol–water partition coefficient (Wildman–Crippen LogP) is 4.35. The Hall–Kier alpha value is -4.46. The standard InChI is InChI=1S/C28H27F4N5O4S/c1-15(23-10-17(14-42-23)25(33)34)36-27(40)22-11-18(28(30,31)32)13-37(22)24(38)12-35-26(39)16-2-6-20(7-3-16)41-21-8-4-19(29)5-9-21/h2-10,14-15,18,22H,11-13H2,1H3,(H3,33,34)(H,35,39)(H,36,40)/t15?,18-,22-/m0/s1. The summed E-state index contributed by atoms with van der Waals surface area (Å²) in [6.45, 7) is 0.295. The van der Waals surface area contributed by atoms with Gasteiger partial charge in [-0.15, -0.1) is 11.3 Å². The lowest BCUT2D eigenvalue weighted by Gasteiger charge is -2.25. The third-order valence-corrected chi connectivity index (χ3v) is 7.78. The summed E-state index contributed by atoms with van der Waals surface area (Å²) in [5, 5.41) is 14.2. The van der Waals surface area contributed by atoms with Crippen LogP contribution < -0.4 is 21.1 Å². The first-order valence-electron chi connectivity index (χ1n) is 12.7. The highest BCUT2D eigenvalue weighted by molar-refractivity contribution is 7.10. The highest BCUT2D eigenvalue weighted by Gasteiger charge is 2.50. The summed E-state index contributed by atoms with van der Waals surface area (Å²) in [5.41, 5.74) is 6.08. The normalized spacial score (nSPS) is 17.4. The Morgan fingerprint density at radius 1 is 1.10 bits per heavy atom. The summed E-state index contributed by atoms with van der Waals surface area (Å²) < 4.78 is 59.3. The summed E-state index contributed by atoms with van der Waals surface area (Å²) >= 11 is 1.23. The Balaban J connectivity index is 1.37. The topological polar surface area (TPSA) is 138 Å². The molecule has 1 aliphatic rings. The highest BCUT2D eigenvalue weighted by atomic mass is 32.1. The quantitative estimate of drug-likeness (QED) is 0.163. The largest absolute Gasteiger partial charge is 0.457 e. The number of hydrogen-bond donors (Lipinski definition) is 4. The third-order valence-electron chi connectivity index (χ3n) is 6.67. The molecule has 0 saturated carbocycles. The molecule has 5 N–H and O–H groups in total. The van der Waals surface area contributed by atoms with E-state index in [1.54, 1.807) is 18.4 Å². The van der Waals surface area contributed by atoms with Crippen molar-refractivity contribution < 1.29 is 36.7 Å². The fraction of sp³-hybridized carbons (Fsp3) is 0.286. The second-order valence-electron chi connectivity index (χ2n) is 9.68. The van der Waals surface area contributed by atoms with Crippen LogP contribution in [0.1, 0.15) is 40.2 Å². The van der Waals surface area contributed by atoms with Crippen molar-refractivity contribution >= 4 is 34.9 Å². The zero-order chi connectivity index (χ0) is 30.6. The third kappa shape index (κ3) is 7.43. The molecule has 3 atom stereocenters. The molecule has 0 aliphatic carbocycles.